The van der Waals surface area contributed by atoms with E-state index in [1.54, 1.807) is 12.1 Å². The average Bonchev–Trinajstić information content (AvgIpc) is 2.32. The zero-order chi connectivity index (χ0) is 13.1. The van der Waals surface area contributed by atoms with Crippen molar-refractivity contribution in [1.29, 1.82) is 0 Å². The van der Waals surface area contributed by atoms with E-state index in [4.69, 9.17) is 0 Å². The summed E-state index contributed by atoms with van der Waals surface area (Å²) in [5, 5.41) is 6.24. The molecular weight excluding hydrogens is 231 g/mol. The lowest BCUT2D eigenvalue weighted by molar-refractivity contribution is -0.125. The molecule has 2 rings (SSSR count). The van der Waals surface area contributed by atoms with Gasteiger partial charge in [0.1, 0.15) is 5.82 Å². The third-order valence-corrected chi connectivity index (χ3v) is 3.18. The molecule has 1 saturated heterocycles. The van der Waals surface area contributed by atoms with Crippen molar-refractivity contribution in [2.45, 2.75) is 32.4 Å². The first kappa shape index (κ1) is 13.0. The summed E-state index contributed by atoms with van der Waals surface area (Å²) in [6.45, 7) is 4.89. The molecule has 98 valence electrons. The molecular formula is C14H19FN2O. The largest absolute Gasteiger partial charge is 0.347 e. The fourth-order valence-electron chi connectivity index (χ4n) is 2.23. The first-order valence-corrected chi connectivity index (χ1v) is 6.35. The zero-order valence-electron chi connectivity index (χ0n) is 10.7. The second-order valence-corrected chi connectivity index (χ2v) is 5.20. The molecule has 1 aromatic rings. The Kier molecular flexibility index (Phi) is 3.97. The minimum absolute atomic E-state index is 0.0317. The smallest absolute Gasteiger partial charge is 0.237 e. The molecule has 1 fully saturated rings. The molecule has 3 nitrogen and oxygen atoms in total. The van der Waals surface area contributed by atoms with E-state index in [1.165, 1.54) is 12.1 Å². The molecule has 1 aliphatic heterocycles. The topological polar surface area (TPSA) is 41.1 Å². The van der Waals surface area contributed by atoms with Gasteiger partial charge in [-0.2, -0.15) is 0 Å². The average molecular weight is 250 g/mol. The van der Waals surface area contributed by atoms with Gasteiger partial charge >= 0.3 is 0 Å². The minimum atomic E-state index is -0.258. The number of carbonyl (C=O) groups is 1. The molecule has 0 aromatic heterocycles. The highest BCUT2D eigenvalue weighted by atomic mass is 19.1. The number of amides is 1. The Morgan fingerprint density at radius 3 is 2.56 bits per heavy atom. The molecule has 2 N–H and O–H groups in total. The van der Waals surface area contributed by atoms with Crippen molar-refractivity contribution in [3.8, 4) is 0 Å². The van der Waals surface area contributed by atoms with Crippen LogP contribution in [-0.4, -0.2) is 18.5 Å². The van der Waals surface area contributed by atoms with E-state index < -0.39 is 0 Å². The number of benzene rings is 1. The van der Waals surface area contributed by atoms with E-state index in [-0.39, 0.29) is 23.8 Å². The van der Waals surface area contributed by atoms with Crippen molar-refractivity contribution in [3.05, 3.63) is 35.6 Å². The number of nitrogens with one attached hydrogen (secondary N) is 2. The van der Waals surface area contributed by atoms with Crippen LogP contribution in [0.15, 0.2) is 24.3 Å². The van der Waals surface area contributed by atoms with Crippen LogP contribution in [-0.2, 0) is 4.79 Å². The number of halogens is 1. The third-order valence-electron chi connectivity index (χ3n) is 3.18. The first-order valence-electron chi connectivity index (χ1n) is 6.35. The molecule has 2 atom stereocenters. The van der Waals surface area contributed by atoms with Crippen molar-refractivity contribution < 1.29 is 9.18 Å². The fourth-order valence-corrected chi connectivity index (χ4v) is 2.23. The summed E-state index contributed by atoms with van der Waals surface area (Å²) in [5.41, 5.74) is 0.931. The van der Waals surface area contributed by atoms with E-state index in [0.717, 1.165) is 12.0 Å². The maximum absolute atomic E-state index is 12.8. The summed E-state index contributed by atoms with van der Waals surface area (Å²) in [4.78, 5) is 11.9. The van der Waals surface area contributed by atoms with E-state index in [2.05, 4.69) is 24.5 Å². The Bertz CT molecular complexity index is 416. The van der Waals surface area contributed by atoms with Gasteiger partial charge in [-0.15, -0.1) is 0 Å². The standard InChI is InChI=1S/C14H19FN2O/c1-9(2)7-12-14(18)17-13(8-16-12)10-3-5-11(15)6-4-10/h3-6,9,12-13,16H,7-8H2,1-2H3,(H,17,18)/t12-,13+/m0/s1. The van der Waals surface area contributed by atoms with Crippen LogP contribution in [0.1, 0.15) is 31.9 Å². The van der Waals surface area contributed by atoms with Gasteiger partial charge < -0.3 is 10.6 Å². The predicted octanol–water partition coefficient (Wildman–Crippen LogP) is 2.00. The summed E-state index contributed by atoms with van der Waals surface area (Å²) in [6.07, 6.45) is 0.835. The molecule has 0 radical (unpaired) electrons. The van der Waals surface area contributed by atoms with Gasteiger partial charge in [-0.3, -0.25) is 4.79 Å². The lowest BCUT2D eigenvalue weighted by Gasteiger charge is -2.31. The summed E-state index contributed by atoms with van der Waals surface area (Å²) >= 11 is 0. The highest BCUT2D eigenvalue weighted by molar-refractivity contribution is 5.83. The highest BCUT2D eigenvalue weighted by Gasteiger charge is 2.28. The number of hydrogen-bond acceptors (Lipinski definition) is 2. The van der Waals surface area contributed by atoms with Gasteiger partial charge in [-0.1, -0.05) is 26.0 Å². The van der Waals surface area contributed by atoms with Crippen molar-refractivity contribution >= 4 is 5.91 Å². The molecule has 0 spiro atoms. The number of hydrogen-bond donors (Lipinski definition) is 2. The summed E-state index contributed by atoms with van der Waals surface area (Å²) in [7, 11) is 0. The molecule has 1 heterocycles. The second-order valence-electron chi connectivity index (χ2n) is 5.20. The van der Waals surface area contributed by atoms with Crippen LogP contribution in [0.5, 0.6) is 0 Å². The van der Waals surface area contributed by atoms with Gasteiger partial charge in [-0.25, -0.2) is 4.39 Å². The van der Waals surface area contributed by atoms with E-state index in [0.29, 0.717) is 12.5 Å². The van der Waals surface area contributed by atoms with Crippen LogP contribution in [0, 0.1) is 11.7 Å². The van der Waals surface area contributed by atoms with E-state index in [9.17, 15) is 9.18 Å². The Morgan fingerprint density at radius 2 is 2.00 bits per heavy atom. The second kappa shape index (κ2) is 5.48. The van der Waals surface area contributed by atoms with Crippen molar-refractivity contribution in [1.82, 2.24) is 10.6 Å². The molecule has 4 heteroatoms. The number of carbonyl (C=O) groups excluding carboxylic acids is 1. The van der Waals surface area contributed by atoms with Crippen LogP contribution in [0.2, 0.25) is 0 Å². The van der Waals surface area contributed by atoms with Crippen LogP contribution in [0.3, 0.4) is 0 Å². The summed E-state index contributed by atoms with van der Waals surface area (Å²) in [5.74, 6) is 0.256. The predicted molar refractivity (Wildman–Crippen MR) is 68.5 cm³/mol. The molecule has 0 saturated carbocycles. The van der Waals surface area contributed by atoms with Crippen LogP contribution in [0.4, 0.5) is 4.39 Å². The molecule has 0 bridgehead atoms. The molecule has 0 aliphatic carbocycles. The van der Waals surface area contributed by atoms with Gasteiger partial charge in [0.25, 0.3) is 0 Å². The Morgan fingerprint density at radius 1 is 1.33 bits per heavy atom. The third kappa shape index (κ3) is 3.07. The fraction of sp³-hybridized carbons (Fsp3) is 0.500. The molecule has 1 aromatic carbocycles. The van der Waals surface area contributed by atoms with E-state index in [1.807, 2.05) is 0 Å². The minimum Gasteiger partial charge on any atom is -0.347 e. The quantitative estimate of drug-likeness (QED) is 0.861. The maximum atomic E-state index is 12.8. The van der Waals surface area contributed by atoms with Crippen molar-refractivity contribution in [3.63, 3.8) is 0 Å². The molecule has 0 unspecified atom stereocenters. The lowest BCUT2D eigenvalue weighted by atomic mass is 9.98. The van der Waals surface area contributed by atoms with Gasteiger partial charge in [0, 0.05) is 6.54 Å². The Hall–Kier alpha value is -1.42. The zero-order valence-corrected chi connectivity index (χ0v) is 10.7. The normalized spacial score (nSPS) is 24.1. The first-order chi connectivity index (χ1) is 8.56. The lowest BCUT2D eigenvalue weighted by Crippen LogP contribution is -2.54. The summed E-state index contributed by atoms with van der Waals surface area (Å²) in [6, 6.07) is 6.09. The van der Waals surface area contributed by atoms with E-state index >= 15 is 0 Å². The van der Waals surface area contributed by atoms with Crippen LogP contribution < -0.4 is 10.6 Å². The van der Waals surface area contributed by atoms with Crippen molar-refractivity contribution in [2.24, 2.45) is 5.92 Å². The monoisotopic (exact) mass is 250 g/mol. The highest BCUT2D eigenvalue weighted by Crippen LogP contribution is 2.17. The van der Waals surface area contributed by atoms with Crippen LogP contribution >= 0.6 is 0 Å². The van der Waals surface area contributed by atoms with Gasteiger partial charge in [0.05, 0.1) is 12.1 Å². The van der Waals surface area contributed by atoms with Gasteiger partial charge in [0.15, 0.2) is 0 Å². The molecule has 18 heavy (non-hydrogen) atoms. The summed E-state index contributed by atoms with van der Waals surface area (Å²) < 4.78 is 12.8. The van der Waals surface area contributed by atoms with Gasteiger partial charge in [0.2, 0.25) is 5.91 Å². The Balaban J connectivity index is 1.99. The SMILES string of the molecule is CC(C)C[C@@H]1NC[C@H](c2ccc(F)cc2)NC1=O. The Labute approximate surface area is 107 Å². The number of piperazine rings is 1. The van der Waals surface area contributed by atoms with Gasteiger partial charge in [-0.05, 0) is 30.0 Å². The van der Waals surface area contributed by atoms with Crippen LogP contribution in [0.25, 0.3) is 0 Å². The number of rotatable bonds is 3. The molecule has 1 amide bonds. The molecule has 1 aliphatic rings. The van der Waals surface area contributed by atoms with Crippen molar-refractivity contribution in [2.75, 3.05) is 6.54 Å². The maximum Gasteiger partial charge on any atom is 0.237 e.